The smallest absolute Gasteiger partial charge is 0.242 e. The molecular formula is C11H15N3O2S. The van der Waals surface area contributed by atoms with Crippen molar-refractivity contribution in [3.63, 3.8) is 0 Å². The molecule has 0 fully saturated rings. The largest absolute Gasteiger partial charge is 0.398 e. The average Bonchev–Trinajstić information content (AvgIpc) is 2.27. The van der Waals surface area contributed by atoms with Crippen LogP contribution in [0.15, 0.2) is 23.1 Å². The Bertz CT molecular complexity index is 546. The Morgan fingerprint density at radius 3 is 2.65 bits per heavy atom. The van der Waals surface area contributed by atoms with Gasteiger partial charge in [0.05, 0.1) is 17.3 Å². The maximum Gasteiger partial charge on any atom is 0.242 e. The molecule has 0 heterocycles. The van der Waals surface area contributed by atoms with Crippen molar-refractivity contribution in [1.29, 1.82) is 5.26 Å². The first-order chi connectivity index (χ1) is 7.90. The van der Waals surface area contributed by atoms with Crippen molar-refractivity contribution in [3.05, 3.63) is 23.8 Å². The Hall–Kier alpha value is -1.58. The van der Waals surface area contributed by atoms with Gasteiger partial charge in [-0.1, -0.05) is 6.92 Å². The first-order valence-electron chi connectivity index (χ1n) is 5.22. The van der Waals surface area contributed by atoms with Crippen LogP contribution in [0.4, 0.5) is 5.69 Å². The molecule has 0 aliphatic carbocycles. The molecule has 1 atom stereocenters. The summed E-state index contributed by atoms with van der Waals surface area (Å²) < 4.78 is 26.4. The zero-order valence-corrected chi connectivity index (χ0v) is 10.6. The minimum Gasteiger partial charge on any atom is -0.398 e. The molecule has 5 nitrogen and oxygen atoms in total. The Morgan fingerprint density at radius 1 is 1.53 bits per heavy atom. The van der Waals surface area contributed by atoms with E-state index in [4.69, 9.17) is 11.0 Å². The van der Waals surface area contributed by atoms with Gasteiger partial charge in [-0.25, -0.2) is 13.1 Å². The number of nitrogens with zero attached hydrogens (tertiary/aromatic N) is 1. The Kier molecular flexibility index (Phi) is 4.10. The summed E-state index contributed by atoms with van der Waals surface area (Å²) in [6.45, 7) is 3.66. The van der Waals surface area contributed by atoms with Crippen molar-refractivity contribution in [3.8, 4) is 6.07 Å². The molecule has 0 saturated carbocycles. The molecule has 0 aliphatic rings. The Balaban J connectivity index is 3.13. The third kappa shape index (κ3) is 3.19. The molecule has 0 spiro atoms. The fourth-order valence-electron chi connectivity index (χ4n) is 1.27. The number of hydrogen-bond donors (Lipinski definition) is 2. The maximum atomic E-state index is 11.9. The number of nitrogen functional groups attached to an aromatic ring is 1. The summed E-state index contributed by atoms with van der Waals surface area (Å²) >= 11 is 0. The van der Waals surface area contributed by atoms with Crippen molar-refractivity contribution in [2.75, 3.05) is 5.73 Å². The van der Waals surface area contributed by atoms with Crippen molar-refractivity contribution in [2.24, 2.45) is 0 Å². The van der Waals surface area contributed by atoms with E-state index in [1.54, 1.807) is 6.92 Å². The lowest BCUT2D eigenvalue weighted by molar-refractivity contribution is 0.556. The third-order valence-electron chi connectivity index (χ3n) is 2.40. The molecule has 0 aliphatic heterocycles. The lowest BCUT2D eigenvalue weighted by atomic mass is 10.2. The van der Waals surface area contributed by atoms with Crippen LogP contribution in [-0.2, 0) is 10.0 Å². The van der Waals surface area contributed by atoms with E-state index >= 15 is 0 Å². The quantitative estimate of drug-likeness (QED) is 0.788. The van der Waals surface area contributed by atoms with Crippen LogP contribution in [0.2, 0.25) is 0 Å². The molecule has 1 aromatic rings. The van der Waals surface area contributed by atoms with Gasteiger partial charge in [0.25, 0.3) is 0 Å². The van der Waals surface area contributed by atoms with Gasteiger partial charge < -0.3 is 5.73 Å². The molecule has 1 rings (SSSR count). The average molecular weight is 253 g/mol. The van der Waals surface area contributed by atoms with Gasteiger partial charge in [0.15, 0.2) is 0 Å². The number of nitriles is 1. The number of hydrogen-bond acceptors (Lipinski definition) is 4. The second-order valence-corrected chi connectivity index (χ2v) is 5.48. The normalized spacial score (nSPS) is 13.0. The van der Waals surface area contributed by atoms with E-state index in [0.29, 0.717) is 12.0 Å². The predicted molar refractivity (Wildman–Crippen MR) is 65.6 cm³/mol. The SMILES string of the molecule is CCC(C)NS(=O)(=O)c1ccc(C#N)cc1N. The van der Waals surface area contributed by atoms with E-state index in [1.807, 2.05) is 13.0 Å². The third-order valence-corrected chi connectivity index (χ3v) is 4.06. The minimum atomic E-state index is -3.61. The summed E-state index contributed by atoms with van der Waals surface area (Å²) in [6.07, 6.45) is 0.690. The minimum absolute atomic E-state index is 0.0109. The van der Waals surface area contributed by atoms with Crippen LogP contribution in [0.25, 0.3) is 0 Å². The highest BCUT2D eigenvalue weighted by Crippen LogP contribution is 2.19. The second-order valence-electron chi connectivity index (χ2n) is 3.79. The van der Waals surface area contributed by atoms with Gasteiger partial charge in [0.2, 0.25) is 10.0 Å². The van der Waals surface area contributed by atoms with Gasteiger partial charge >= 0.3 is 0 Å². The van der Waals surface area contributed by atoms with Crippen LogP contribution < -0.4 is 10.5 Å². The molecule has 0 saturated heterocycles. The molecule has 1 unspecified atom stereocenters. The number of anilines is 1. The number of sulfonamides is 1. The predicted octanol–water partition coefficient (Wildman–Crippen LogP) is 1.22. The van der Waals surface area contributed by atoms with Crippen LogP contribution >= 0.6 is 0 Å². The lowest BCUT2D eigenvalue weighted by Gasteiger charge is -2.13. The molecule has 6 heteroatoms. The summed E-state index contributed by atoms with van der Waals surface area (Å²) in [6, 6.07) is 5.88. The summed E-state index contributed by atoms with van der Waals surface area (Å²) in [7, 11) is -3.61. The first-order valence-corrected chi connectivity index (χ1v) is 6.71. The lowest BCUT2D eigenvalue weighted by Crippen LogP contribution is -2.32. The number of nitrogens with one attached hydrogen (secondary N) is 1. The molecule has 3 N–H and O–H groups in total. The Morgan fingerprint density at radius 2 is 2.18 bits per heavy atom. The van der Waals surface area contributed by atoms with Crippen molar-refractivity contribution < 1.29 is 8.42 Å². The summed E-state index contributed by atoms with van der Waals surface area (Å²) in [4.78, 5) is 0.0109. The highest BCUT2D eigenvalue weighted by molar-refractivity contribution is 7.89. The van der Waals surface area contributed by atoms with Crippen LogP contribution in [0.1, 0.15) is 25.8 Å². The van der Waals surface area contributed by atoms with E-state index in [2.05, 4.69) is 4.72 Å². The molecule has 17 heavy (non-hydrogen) atoms. The van der Waals surface area contributed by atoms with E-state index < -0.39 is 10.0 Å². The van der Waals surface area contributed by atoms with Crippen molar-refractivity contribution in [1.82, 2.24) is 4.72 Å². The monoisotopic (exact) mass is 253 g/mol. The van der Waals surface area contributed by atoms with Gasteiger partial charge in [0.1, 0.15) is 4.90 Å². The van der Waals surface area contributed by atoms with Crippen LogP contribution in [0.3, 0.4) is 0 Å². The molecular weight excluding hydrogens is 238 g/mol. The number of nitrogens with two attached hydrogens (primary N) is 1. The van der Waals surface area contributed by atoms with Crippen LogP contribution in [-0.4, -0.2) is 14.5 Å². The molecule has 0 radical (unpaired) electrons. The van der Waals surface area contributed by atoms with E-state index in [1.165, 1.54) is 18.2 Å². The summed E-state index contributed by atoms with van der Waals surface area (Å²) in [5, 5.41) is 8.67. The molecule has 1 aromatic carbocycles. The summed E-state index contributed by atoms with van der Waals surface area (Å²) in [5.41, 5.74) is 6.05. The number of rotatable bonds is 4. The van der Waals surface area contributed by atoms with Crippen LogP contribution in [0.5, 0.6) is 0 Å². The molecule has 0 amide bonds. The van der Waals surface area contributed by atoms with Gasteiger partial charge in [0, 0.05) is 6.04 Å². The fourth-order valence-corrected chi connectivity index (χ4v) is 2.71. The second kappa shape index (κ2) is 5.17. The standard InChI is InChI=1S/C11H15N3O2S/c1-3-8(2)14-17(15,16)11-5-4-9(7-12)6-10(11)13/h4-6,8,14H,3,13H2,1-2H3. The summed E-state index contributed by atoms with van der Waals surface area (Å²) in [5.74, 6) is 0. The molecule has 0 bridgehead atoms. The first kappa shape index (κ1) is 13.5. The van der Waals surface area contributed by atoms with Gasteiger partial charge in [-0.05, 0) is 31.5 Å². The van der Waals surface area contributed by atoms with Crippen molar-refractivity contribution >= 4 is 15.7 Å². The zero-order chi connectivity index (χ0) is 13.1. The number of benzene rings is 1. The highest BCUT2D eigenvalue weighted by Gasteiger charge is 2.19. The van der Waals surface area contributed by atoms with Gasteiger partial charge in [-0.2, -0.15) is 5.26 Å². The molecule has 92 valence electrons. The van der Waals surface area contributed by atoms with Crippen LogP contribution in [0, 0.1) is 11.3 Å². The van der Waals surface area contributed by atoms with E-state index in [0.717, 1.165) is 0 Å². The topological polar surface area (TPSA) is 96.0 Å². The van der Waals surface area contributed by atoms with Gasteiger partial charge in [-0.3, -0.25) is 0 Å². The molecule has 0 aromatic heterocycles. The van der Waals surface area contributed by atoms with Crippen molar-refractivity contribution in [2.45, 2.75) is 31.2 Å². The zero-order valence-electron chi connectivity index (χ0n) is 9.77. The maximum absolute atomic E-state index is 11.9. The van der Waals surface area contributed by atoms with E-state index in [9.17, 15) is 8.42 Å². The van der Waals surface area contributed by atoms with E-state index in [-0.39, 0.29) is 16.6 Å². The Labute approximate surface area is 101 Å². The highest BCUT2D eigenvalue weighted by atomic mass is 32.2. The fraction of sp³-hybridized carbons (Fsp3) is 0.364. The van der Waals surface area contributed by atoms with Gasteiger partial charge in [-0.15, -0.1) is 0 Å².